The molecule has 2 heterocycles. The Hall–Kier alpha value is -3.17. The molecule has 2 aromatic carbocycles. The van der Waals surface area contributed by atoms with Crippen molar-refractivity contribution in [2.75, 3.05) is 25.0 Å². The number of alkyl halides is 2. The van der Waals surface area contributed by atoms with E-state index in [1.54, 1.807) is 36.6 Å². The molecule has 0 saturated carbocycles. The number of carbonyl (C=O) groups is 1. The molecule has 1 aromatic heterocycles. The van der Waals surface area contributed by atoms with Crippen molar-refractivity contribution in [2.24, 2.45) is 5.92 Å². The summed E-state index contributed by atoms with van der Waals surface area (Å²) in [5, 5.41) is 9.81. The lowest BCUT2D eigenvalue weighted by Gasteiger charge is -2.33. The molecule has 2 N–H and O–H groups in total. The molecule has 0 bridgehead atoms. The van der Waals surface area contributed by atoms with Crippen molar-refractivity contribution >= 4 is 40.3 Å². The van der Waals surface area contributed by atoms with Gasteiger partial charge in [0.05, 0.1) is 5.01 Å². The van der Waals surface area contributed by atoms with Crippen LogP contribution in [0.1, 0.15) is 60.6 Å². The Labute approximate surface area is 238 Å². The predicted octanol–water partition coefficient (Wildman–Crippen LogP) is 7.44. The van der Waals surface area contributed by atoms with E-state index < -0.39 is 5.92 Å². The number of piperidine rings is 1. The van der Waals surface area contributed by atoms with Gasteiger partial charge in [0, 0.05) is 47.7 Å². The first-order valence-corrected chi connectivity index (χ1v) is 14.5. The lowest BCUT2D eigenvalue weighted by Crippen LogP contribution is -2.44. The maximum atomic E-state index is 14.5. The molecular formula is C30H34F2N4OS2. The second-order valence-electron chi connectivity index (χ2n) is 10.1. The van der Waals surface area contributed by atoms with Crippen molar-refractivity contribution in [1.82, 2.24) is 15.2 Å². The zero-order chi connectivity index (χ0) is 28.0. The summed E-state index contributed by atoms with van der Waals surface area (Å²) in [6.07, 6.45) is 4.07. The Morgan fingerprint density at radius 2 is 1.95 bits per heavy atom. The Balaban J connectivity index is 1.43. The van der Waals surface area contributed by atoms with Gasteiger partial charge < -0.3 is 15.5 Å². The van der Waals surface area contributed by atoms with Gasteiger partial charge in [-0.3, -0.25) is 4.79 Å². The van der Waals surface area contributed by atoms with E-state index in [1.165, 1.54) is 29.5 Å². The van der Waals surface area contributed by atoms with E-state index in [2.05, 4.69) is 34.4 Å². The van der Waals surface area contributed by atoms with Gasteiger partial charge in [-0.25, -0.2) is 4.98 Å². The molecule has 0 radical (unpaired) electrons. The monoisotopic (exact) mass is 568 g/mol. The largest absolute Gasteiger partial charge is 0.362 e. The molecule has 1 aliphatic heterocycles. The van der Waals surface area contributed by atoms with E-state index in [9.17, 15) is 13.6 Å². The fourth-order valence-corrected chi connectivity index (χ4v) is 5.78. The predicted molar refractivity (Wildman–Crippen MR) is 160 cm³/mol. The van der Waals surface area contributed by atoms with E-state index in [-0.39, 0.29) is 17.4 Å². The van der Waals surface area contributed by atoms with Crippen LogP contribution >= 0.6 is 23.6 Å². The number of nitrogens with zero attached hydrogens (tertiary/aromatic N) is 2. The summed E-state index contributed by atoms with van der Waals surface area (Å²) in [7, 11) is 0. The molecule has 0 spiro atoms. The van der Waals surface area contributed by atoms with Crippen LogP contribution in [-0.2, 0) is 5.92 Å². The molecule has 5 nitrogen and oxygen atoms in total. The number of amides is 1. The number of hydrogen-bond donors (Lipinski definition) is 2. The third-order valence-electron chi connectivity index (χ3n) is 6.66. The van der Waals surface area contributed by atoms with E-state index in [1.807, 2.05) is 12.1 Å². The van der Waals surface area contributed by atoms with E-state index in [4.69, 9.17) is 12.2 Å². The molecule has 1 saturated heterocycles. The summed E-state index contributed by atoms with van der Waals surface area (Å²) in [6.45, 7) is 8.45. The second kappa shape index (κ2) is 12.8. The molecule has 0 atom stereocenters. The number of thiazole rings is 1. The maximum Gasteiger partial charge on any atom is 0.291 e. The molecular weight excluding hydrogens is 534 g/mol. The zero-order valence-corrected chi connectivity index (χ0v) is 24.0. The van der Waals surface area contributed by atoms with Crippen molar-refractivity contribution in [3.8, 4) is 11.1 Å². The summed E-state index contributed by atoms with van der Waals surface area (Å²) in [6, 6.07) is 13.4. The highest BCUT2D eigenvalue weighted by atomic mass is 32.1. The van der Waals surface area contributed by atoms with Gasteiger partial charge in [-0.05, 0) is 61.7 Å². The van der Waals surface area contributed by atoms with Gasteiger partial charge >= 0.3 is 0 Å². The second-order valence-corrected chi connectivity index (χ2v) is 11.4. The van der Waals surface area contributed by atoms with Crippen molar-refractivity contribution < 1.29 is 13.6 Å². The fraction of sp³-hybridized carbons (Fsp3) is 0.367. The quantitative estimate of drug-likeness (QED) is 0.219. The number of allylic oxidation sites excluding steroid dienone is 2. The van der Waals surface area contributed by atoms with E-state index >= 15 is 0 Å². The molecule has 3 aromatic rings. The maximum absolute atomic E-state index is 14.5. The molecule has 0 unspecified atom stereocenters. The Morgan fingerprint density at radius 1 is 1.21 bits per heavy atom. The Bertz CT molecular complexity index is 1330. The van der Waals surface area contributed by atoms with Crippen molar-refractivity contribution in [2.45, 2.75) is 45.5 Å². The lowest BCUT2D eigenvalue weighted by molar-refractivity contribution is 0.0520. The van der Waals surface area contributed by atoms with Gasteiger partial charge in [0.15, 0.2) is 5.11 Å². The van der Waals surface area contributed by atoms with Gasteiger partial charge in [-0.1, -0.05) is 56.3 Å². The average Bonchev–Trinajstić information content (AvgIpc) is 3.43. The summed E-state index contributed by atoms with van der Waals surface area (Å²) >= 11 is 7.04. The first kappa shape index (κ1) is 28.8. The fourth-order valence-electron chi connectivity index (χ4n) is 4.54. The topological polar surface area (TPSA) is 57.3 Å². The van der Waals surface area contributed by atoms with Gasteiger partial charge in [0.2, 0.25) is 0 Å². The zero-order valence-electron chi connectivity index (χ0n) is 22.4. The van der Waals surface area contributed by atoms with Crippen LogP contribution in [0.2, 0.25) is 0 Å². The van der Waals surface area contributed by atoms with Gasteiger partial charge in [0.25, 0.3) is 11.8 Å². The molecule has 1 amide bonds. The Morgan fingerprint density at radius 3 is 2.67 bits per heavy atom. The van der Waals surface area contributed by atoms with E-state index in [0.29, 0.717) is 28.4 Å². The van der Waals surface area contributed by atoms with Crippen molar-refractivity contribution in [1.29, 1.82) is 0 Å². The molecule has 1 aliphatic rings. The highest BCUT2D eigenvalue weighted by Crippen LogP contribution is 2.35. The van der Waals surface area contributed by atoms with Crippen LogP contribution in [0.3, 0.4) is 0 Å². The first-order chi connectivity index (χ1) is 18.7. The number of thiocarbonyl (C=S) groups is 1. The number of likely N-dealkylation sites (tertiary alicyclic amines) is 1. The van der Waals surface area contributed by atoms with Gasteiger partial charge in [-0.15, -0.1) is 11.3 Å². The minimum Gasteiger partial charge on any atom is -0.362 e. The van der Waals surface area contributed by atoms with E-state index in [0.717, 1.165) is 48.7 Å². The third kappa shape index (κ3) is 7.28. The Kier molecular flexibility index (Phi) is 9.45. The molecule has 1 fully saturated rings. The summed E-state index contributed by atoms with van der Waals surface area (Å²) in [5.41, 5.74) is 2.05. The van der Waals surface area contributed by atoms with Crippen LogP contribution in [0.5, 0.6) is 0 Å². The highest BCUT2D eigenvalue weighted by Gasteiger charge is 2.28. The number of nitrogens with one attached hydrogen (secondary N) is 2. The molecule has 4 rings (SSSR count). The standard InChI is InChI=1S/C30H34F2N4OS2/c1-4-14-30(31,32)23-9-7-8-22(17-23)24-10-5-6-11-25(24)34-27(37)26-19-39-28(35-26)21-12-15-36(16-13-21)29(38)33-18-20(2)3/h4-11,14,17,19-21H,12-13,15-16,18H2,1-3H3,(H,33,38)(H,34,37)/b14-4+. The molecule has 9 heteroatoms. The third-order valence-corrected chi connectivity index (χ3v) is 8.07. The summed E-state index contributed by atoms with van der Waals surface area (Å²) in [5.74, 6) is -2.58. The smallest absolute Gasteiger partial charge is 0.291 e. The minimum atomic E-state index is -3.08. The van der Waals surface area contributed by atoms with Crippen LogP contribution in [0.25, 0.3) is 11.1 Å². The van der Waals surface area contributed by atoms with Gasteiger partial charge in [0.1, 0.15) is 5.69 Å². The summed E-state index contributed by atoms with van der Waals surface area (Å²) in [4.78, 5) is 20.0. The van der Waals surface area contributed by atoms with Crippen molar-refractivity contribution in [3.05, 3.63) is 82.3 Å². The number of aromatic nitrogens is 1. The number of rotatable bonds is 8. The van der Waals surface area contributed by atoms with Crippen LogP contribution < -0.4 is 10.6 Å². The van der Waals surface area contributed by atoms with Crippen LogP contribution in [0, 0.1) is 5.92 Å². The van der Waals surface area contributed by atoms with Gasteiger partial charge in [-0.2, -0.15) is 8.78 Å². The van der Waals surface area contributed by atoms with Crippen LogP contribution in [0.15, 0.2) is 66.1 Å². The number of para-hydroxylation sites is 1. The first-order valence-electron chi connectivity index (χ1n) is 13.2. The van der Waals surface area contributed by atoms with Crippen LogP contribution in [-0.4, -0.2) is 40.5 Å². The number of halogens is 2. The molecule has 206 valence electrons. The molecule has 39 heavy (non-hydrogen) atoms. The lowest BCUT2D eigenvalue weighted by atomic mass is 9.98. The van der Waals surface area contributed by atoms with Crippen LogP contribution in [0.4, 0.5) is 14.5 Å². The molecule has 0 aliphatic carbocycles. The number of hydrogen-bond acceptors (Lipinski definition) is 4. The summed E-state index contributed by atoms with van der Waals surface area (Å²) < 4.78 is 29.0. The number of anilines is 1. The minimum absolute atomic E-state index is 0.106. The highest BCUT2D eigenvalue weighted by molar-refractivity contribution is 7.80. The normalized spacial score (nSPS) is 14.7. The SMILES string of the molecule is C/C=C/C(F)(F)c1cccc(-c2ccccc2NC(=O)c2csc(C3CCN(C(=S)NCC(C)C)CC3)n2)c1. The number of benzene rings is 2. The number of carbonyl (C=O) groups excluding carboxylic acids is 1. The van der Waals surface area contributed by atoms with Crippen molar-refractivity contribution in [3.63, 3.8) is 0 Å². The average molecular weight is 569 g/mol.